The third kappa shape index (κ3) is 6.16. The van der Waals surface area contributed by atoms with Gasteiger partial charge in [0.25, 0.3) is 0 Å². The van der Waals surface area contributed by atoms with E-state index in [0.717, 1.165) is 31.5 Å². The van der Waals surface area contributed by atoms with Crippen LogP contribution >= 0.6 is 0 Å². The first kappa shape index (κ1) is 18.8. The van der Waals surface area contributed by atoms with Crippen molar-refractivity contribution in [3.8, 4) is 0 Å². The van der Waals surface area contributed by atoms with Gasteiger partial charge in [-0.3, -0.25) is 9.89 Å². The van der Waals surface area contributed by atoms with E-state index in [9.17, 15) is 0 Å². The minimum absolute atomic E-state index is 0.608. The Hall–Kier alpha value is -1.55. The van der Waals surface area contributed by atoms with Gasteiger partial charge in [-0.2, -0.15) is 0 Å². The molecule has 134 valence electrons. The highest BCUT2D eigenvalue weighted by Gasteiger charge is 2.17. The van der Waals surface area contributed by atoms with Gasteiger partial charge >= 0.3 is 0 Å². The van der Waals surface area contributed by atoms with Crippen LogP contribution in [0.5, 0.6) is 0 Å². The molecule has 1 fully saturated rings. The van der Waals surface area contributed by atoms with Crippen LogP contribution in [-0.2, 0) is 13.1 Å². The SMILES string of the molecule is CN=C(NCc1ccccc1CN1CCCC(C)C1)NCC(C)C. The van der Waals surface area contributed by atoms with Gasteiger partial charge in [0.1, 0.15) is 0 Å². The number of aliphatic imine (C=N–C) groups is 1. The van der Waals surface area contributed by atoms with Crippen molar-refractivity contribution in [3.05, 3.63) is 35.4 Å². The molecule has 0 amide bonds. The van der Waals surface area contributed by atoms with Gasteiger partial charge < -0.3 is 10.6 Å². The largest absolute Gasteiger partial charge is 0.356 e. The lowest BCUT2D eigenvalue weighted by molar-refractivity contribution is 0.176. The number of piperidine rings is 1. The fraction of sp³-hybridized carbons (Fsp3) is 0.650. The second-order valence-electron chi connectivity index (χ2n) is 7.45. The maximum atomic E-state index is 4.31. The summed E-state index contributed by atoms with van der Waals surface area (Å²) >= 11 is 0. The van der Waals surface area contributed by atoms with Crippen LogP contribution in [0.15, 0.2) is 29.3 Å². The molecule has 1 heterocycles. The normalized spacial score (nSPS) is 19.5. The molecule has 1 aliphatic heterocycles. The van der Waals surface area contributed by atoms with Gasteiger partial charge in [-0.25, -0.2) is 0 Å². The standard InChI is InChI=1S/C20H34N4/c1-16(2)12-22-20(21-4)23-13-18-9-5-6-10-19(18)15-24-11-7-8-17(3)14-24/h5-6,9-10,16-17H,7-8,11-15H2,1-4H3,(H2,21,22,23). The average Bonchev–Trinajstić information content (AvgIpc) is 2.56. The Kier molecular flexibility index (Phi) is 7.57. The number of hydrogen-bond donors (Lipinski definition) is 2. The maximum absolute atomic E-state index is 4.31. The molecule has 0 aromatic heterocycles. The Bertz CT molecular complexity index is 524. The highest BCUT2D eigenvalue weighted by molar-refractivity contribution is 5.79. The second-order valence-corrected chi connectivity index (χ2v) is 7.45. The van der Waals surface area contributed by atoms with E-state index < -0.39 is 0 Å². The van der Waals surface area contributed by atoms with E-state index in [0.29, 0.717) is 5.92 Å². The third-order valence-corrected chi connectivity index (χ3v) is 4.60. The molecule has 0 saturated carbocycles. The number of nitrogens with one attached hydrogen (secondary N) is 2. The van der Waals surface area contributed by atoms with Crippen LogP contribution in [0.1, 0.15) is 44.7 Å². The Morgan fingerprint density at radius 1 is 1.25 bits per heavy atom. The quantitative estimate of drug-likeness (QED) is 0.621. The van der Waals surface area contributed by atoms with Crippen LogP contribution < -0.4 is 10.6 Å². The van der Waals surface area contributed by atoms with Crippen molar-refractivity contribution in [2.24, 2.45) is 16.8 Å². The van der Waals surface area contributed by atoms with Gasteiger partial charge in [0.15, 0.2) is 5.96 Å². The van der Waals surface area contributed by atoms with Crippen molar-refractivity contribution in [2.75, 3.05) is 26.7 Å². The zero-order chi connectivity index (χ0) is 17.4. The summed E-state index contributed by atoms with van der Waals surface area (Å²) in [7, 11) is 1.83. The fourth-order valence-electron chi connectivity index (χ4n) is 3.26. The van der Waals surface area contributed by atoms with Gasteiger partial charge in [0, 0.05) is 33.2 Å². The van der Waals surface area contributed by atoms with Crippen molar-refractivity contribution in [1.82, 2.24) is 15.5 Å². The molecule has 2 rings (SSSR count). The van der Waals surface area contributed by atoms with E-state index in [1.54, 1.807) is 0 Å². The number of likely N-dealkylation sites (tertiary alicyclic amines) is 1. The monoisotopic (exact) mass is 330 g/mol. The predicted molar refractivity (Wildman–Crippen MR) is 103 cm³/mol. The molecule has 0 spiro atoms. The van der Waals surface area contributed by atoms with Gasteiger partial charge in [-0.15, -0.1) is 0 Å². The third-order valence-electron chi connectivity index (χ3n) is 4.60. The molecule has 0 radical (unpaired) electrons. The number of hydrogen-bond acceptors (Lipinski definition) is 2. The van der Waals surface area contributed by atoms with E-state index in [2.05, 4.69) is 65.6 Å². The van der Waals surface area contributed by atoms with Crippen molar-refractivity contribution >= 4 is 5.96 Å². The minimum Gasteiger partial charge on any atom is -0.356 e. The molecule has 24 heavy (non-hydrogen) atoms. The zero-order valence-electron chi connectivity index (χ0n) is 15.8. The van der Waals surface area contributed by atoms with Crippen LogP contribution in [0.25, 0.3) is 0 Å². The zero-order valence-corrected chi connectivity index (χ0v) is 15.8. The average molecular weight is 331 g/mol. The number of guanidine groups is 1. The number of benzene rings is 1. The summed E-state index contributed by atoms with van der Waals surface area (Å²) in [5.74, 6) is 2.31. The molecule has 1 atom stereocenters. The molecule has 2 N–H and O–H groups in total. The Morgan fingerprint density at radius 3 is 2.67 bits per heavy atom. The Labute approximate surface area is 147 Å². The second kappa shape index (κ2) is 9.67. The molecule has 1 unspecified atom stereocenters. The van der Waals surface area contributed by atoms with Crippen LogP contribution in [0.3, 0.4) is 0 Å². The summed E-state index contributed by atoms with van der Waals surface area (Å²) in [6.07, 6.45) is 2.70. The Morgan fingerprint density at radius 2 is 2.00 bits per heavy atom. The first-order valence-corrected chi connectivity index (χ1v) is 9.32. The minimum atomic E-state index is 0.608. The fourth-order valence-corrected chi connectivity index (χ4v) is 3.26. The number of nitrogens with zero attached hydrogens (tertiary/aromatic N) is 2. The lowest BCUT2D eigenvalue weighted by atomic mass is 9.99. The lowest BCUT2D eigenvalue weighted by Crippen LogP contribution is -2.39. The molecular weight excluding hydrogens is 296 g/mol. The van der Waals surface area contributed by atoms with Crippen LogP contribution in [0.2, 0.25) is 0 Å². The van der Waals surface area contributed by atoms with E-state index in [-0.39, 0.29) is 0 Å². The smallest absolute Gasteiger partial charge is 0.191 e. The van der Waals surface area contributed by atoms with E-state index in [1.165, 1.54) is 37.1 Å². The lowest BCUT2D eigenvalue weighted by Gasteiger charge is -2.31. The first-order chi connectivity index (χ1) is 11.6. The summed E-state index contributed by atoms with van der Waals surface area (Å²) < 4.78 is 0. The van der Waals surface area contributed by atoms with Gasteiger partial charge in [-0.1, -0.05) is 45.0 Å². The van der Waals surface area contributed by atoms with Crippen LogP contribution in [-0.4, -0.2) is 37.5 Å². The molecule has 4 nitrogen and oxygen atoms in total. The summed E-state index contributed by atoms with van der Waals surface area (Å²) in [4.78, 5) is 6.91. The van der Waals surface area contributed by atoms with Gasteiger partial charge in [0.05, 0.1) is 0 Å². The summed E-state index contributed by atoms with van der Waals surface area (Å²) in [5, 5.41) is 6.82. The van der Waals surface area contributed by atoms with E-state index >= 15 is 0 Å². The molecule has 1 aromatic carbocycles. The predicted octanol–water partition coefficient (Wildman–Crippen LogP) is 3.24. The van der Waals surface area contributed by atoms with Gasteiger partial charge in [0.2, 0.25) is 0 Å². The first-order valence-electron chi connectivity index (χ1n) is 9.32. The van der Waals surface area contributed by atoms with Crippen molar-refractivity contribution < 1.29 is 0 Å². The van der Waals surface area contributed by atoms with Crippen LogP contribution in [0, 0.1) is 11.8 Å². The molecule has 0 bridgehead atoms. The Balaban J connectivity index is 1.93. The summed E-state index contributed by atoms with van der Waals surface area (Å²) in [6, 6.07) is 8.77. The van der Waals surface area contributed by atoms with Gasteiger partial charge in [-0.05, 0) is 42.3 Å². The van der Waals surface area contributed by atoms with Crippen molar-refractivity contribution in [2.45, 2.75) is 46.7 Å². The maximum Gasteiger partial charge on any atom is 0.191 e. The summed E-state index contributed by atoms with van der Waals surface area (Å²) in [6.45, 7) is 12.0. The van der Waals surface area contributed by atoms with E-state index in [1.807, 2.05) is 7.05 Å². The molecule has 4 heteroatoms. The highest BCUT2D eigenvalue weighted by atomic mass is 15.2. The summed E-state index contributed by atoms with van der Waals surface area (Å²) in [5.41, 5.74) is 2.79. The topological polar surface area (TPSA) is 39.7 Å². The van der Waals surface area contributed by atoms with Crippen molar-refractivity contribution in [3.63, 3.8) is 0 Å². The van der Waals surface area contributed by atoms with E-state index in [4.69, 9.17) is 0 Å². The molecule has 1 aromatic rings. The highest BCUT2D eigenvalue weighted by Crippen LogP contribution is 2.19. The number of rotatable bonds is 6. The molecule has 1 aliphatic rings. The molecule has 1 saturated heterocycles. The molecule has 0 aliphatic carbocycles. The molecular formula is C20H34N4. The van der Waals surface area contributed by atoms with Crippen LogP contribution in [0.4, 0.5) is 0 Å². The van der Waals surface area contributed by atoms with Crippen molar-refractivity contribution in [1.29, 1.82) is 0 Å².